The summed E-state index contributed by atoms with van der Waals surface area (Å²) < 4.78 is 7.32. The van der Waals surface area contributed by atoms with Gasteiger partial charge < -0.3 is 24.5 Å². The molecule has 3 heterocycles. The van der Waals surface area contributed by atoms with Crippen molar-refractivity contribution in [1.29, 1.82) is 0 Å². The fourth-order valence-corrected chi connectivity index (χ4v) is 4.16. The number of nitrogens with one attached hydrogen (secondary N) is 2. The Hall–Kier alpha value is -2.54. The molecular formula is C21H30N4O3. The van der Waals surface area contributed by atoms with Gasteiger partial charge in [0.25, 0.3) is 11.8 Å². The molecule has 2 N–H and O–H groups in total. The molecule has 1 aliphatic heterocycles. The Morgan fingerprint density at radius 2 is 2.11 bits per heavy atom. The van der Waals surface area contributed by atoms with Crippen molar-refractivity contribution in [2.24, 2.45) is 0 Å². The molecule has 7 nitrogen and oxygen atoms in total. The maximum atomic E-state index is 13.2. The van der Waals surface area contributed by atoms with E-state index in [1.807, 2.05) is 24.8 Å². The van der Waals surface area contributed by atoms with Crippen molar-refractivity contribution >= 4 is 11.8 Å². The summed E-state index contributed by atoms with van der Waals surface area (Å²) in [6.07, 6.45) is 3.68. The molecule has 0 aliphatic carbocycles. The Morgan fingerprint density at radius 1 is 1.32 bits per heavy atom. The van der Waals surface area contributed by atoms with Gasteiger partial charge in [-0.1, -0.05) is 0 Å². The van der Waals surface area contributed by atoms with E-state index < -0.39 is 0 Å². The summed E-state index contributed by atoms with van der Waals surface area (Å²) in [5.41, 5.74) is 4.39. The van der Waals surface area contributed by atoms with Crippen molar-refractivity contribution in [1.82, 2.24) is 19.8 Å². The Labute approximate surface area is 166 Å². The first-order chi connectivity index (χ1) is 13.5. The van der Waals surface area contributed by atoms with Gasteiger partial charge in [-0.15, -0.1) is 0 Å². The predicted octanol–water partition coefficient (Wildman–Crippen LogP) is 2.46. The lowest BCUT2D eigenvalue weighted by Crippen LogP contribution is -2.39. The molecule has 0 radical (unpaired) electrons. The lowest BCUT2D eigenvalue weighted by molar-refractivity contribution is 0.0705. The molecule has 152 valence electrons. The Balaban J connectivity index is 1.79. The largest absolute Gasteiger partial charge is 0.383 e. The van der Waals surface area contributed by atoms with E-state index >= 15 is 0 Å². The number of hydrogen-bond donors (Lipinski definition) is 2. The van der Waals surface area contributed by atoms with Gasteiger partial charge in [0.05, 0.1) is 17.7 Å². The fraction of sp³-hybridized carbons (Fsp3) is 0.524. The number of carbonyl (C=O) groups is 2. The number of H-pyrrole nitrogens is 1. The van der Waals surface area contributed by atoms with Crippen LogP contribution in [0, 0.1) is 13.8 Å². The molecule has 1 saturated heterocycles. The molecule has 2 aromatic rings. The highest BCUT2D eigenvalue weighted by atomic mass is 16.5. The zero-order valence-corrected chi connectivity index (χ0v) is 17.2. The van der Waals surface area contributed by atoms with Crippen molar-refractivity contribution in [3.63, 3.8) is 0 Å². The third-order valence-corrected chi connectivity index (χ3v) is 5.69. The molecule has 1 atom stereocenters. The highest BCUT2D eigenvalue weighted by Gasteiger charge is 2.30. The van der Waals surface area contributed by atoms with Gasteiger partial charge in [0, 0.05) is 63.0 Å². The number of likely N-dealkylation sites (tertiary alicyclic amines) is 1. The fourth-order valence-electron chi connectivity index (χ4n) is 4.16. The minimum Gasteiger partial charge on any atom is -0.383 e. The summed E-state index contributed by atoms with van der Waals surface area (Å²) >= 11 is 0. The number of aryl methyl sites for hydroxylation is 1. The molecule has 1 fully saturated rings. The van der Waals surface area contributed by atoms with Gasteiger partial charge in [-0.05, 0) is 38.8 Å². The Bertz CT molecular complexity index is 852. The Kier molecular flexibility index (Phi) is 6.24. The molecule has 3 rings (SSSR count). The van der Waals surface area contributed by atoms with Crippen LogP contribution in [0.4, 0.5) is 0 Å². The number of rotatable bonds is 6. The number of nitrogens with zero attached hydrogens (tertiary/aromatic N) is 2. The van der Waals surface area contributed by atoms with Crippen molar-refractivity contribution in [2.75, 3.05) is 33.9 Å². The molecule has 0 saturated carbocycles. The molecule has 0 spiro atoms. The molecule has 2 amide bonds. The maximum absolute atomic E-state index is 13.2. The number of hydrogen-bond acceptors (Lipinski definition) is 3. The van der Waals surface area contributed by atoms with E-state index in [0.717, 1.165) is 48.6 Å². The molecule has 2 aromatic heterocycles. The summed E-state index contributed by atoms with van der Waals surface area (Å²) in [5.74, 6) is 0.105. The van der Waals surface area contributed by atoms with E-state index in [2.05, 4.69) is 14.9 Å². The highest BCUT2D eigenvalue weighted by Crippen LogP contribution is 2.30. The van der Waals surface area contributed by atoms with Crippen molar-refractivity contribution in [3.8, 4) is 0 Å². The van der Waals surface area contributed by atoms with Gasteiger partial charge in [-0.2, -0.15) is 0 Å². The molecule has 28 heavy (non-hydrogen) atoms. The normalized spacial score (nSPS) is 17.0. The van der Waals surface area contributed by atoms with Gasteiger partial charge >= 0.3 is 0 Å². The van der Waals surface area contributed by atoms with E-state index in [1.165, 1.54) is 0 Å². The third-order valence-electron chi connectivity index (χ3n) is 5.69. The molecule has 0 aromatic carbocycles. The summed E-state index contributed by atoms with van der Waals surface area (Å²) in [7, 11) is 3.32. The summed E-state index contributed by atoms with van der Waals surface area (Å²) in [6, 6.07) is 3.78. The van der Waals surface area contributed by atoms with Crippen molar-refractivity contribution < 1.29 is 14.3 Å². The van der Waals surface area contributed by atoms with Crippen LogP contribution in [0.3, 0.4) is 0 Å². The van der Waals surface area contributed by atoms with Crippen LogP contribution in [-0.4, -0.2) is 60.1 Å². The van der Waals surface area contributed by atoms with Gasteiger partial charge in [0.15, 0.2) is 0 Å². The van der Waals surface area contributed by atoms with Crippen molar-refractivity contribution in [2.45, 2.75) is 39.2 Å². The van der Waals surface area contributed by atoms with Gasteiger partial charge in [-0.3, -0.25) is 9.59 Å². The minimum absolute atomic E-state index is 0.0644. The number of piperidine rings is 1. The first-order valence-corrected chi connectivity index (χ1v) is 9.82. The second-order valence-electron chi connectivity index (χ2n) is 7.40. The smallest absolute Gasteiger partial charge is 0.255 e. The van der Waals surface area contributed by atoms with Crippen LogP contribution in [0.2, 0.25) is 0 Å². The maximum Gasteiger partial charge on any atom is 0.255 e. The summed E-state index contributed by atoms with van der Waals surface area (Å²) in [4.78, 5) is 30.5. The SMILES string of the molecule is CNC(=O)c1cc[nH]c1C1CCCN(C(=O)c2cc(C)n(CCOC)c2C)C1. The summed E-state index contributed by atoms with van der Waals surface area (Å²) in [6.45, 7) is 6.73. The van der Waals surface area contributed by atoms with Crippen LogP contribution >= 0.6 is 0 Å². The molecule has 1 unspecified atom stereocenters. The van der Waals surface area contributed by atoms with Crippen molar-refractivity contribution in [3.05, 3.63) is 46.5 Å². The van der Waals surface area contributed by atoms with Crippen LogP contribution in [-0.2, 0) is 11.3 Å². The second kappa shape index (κ2) is 8.65. The number of methoxy groups -OCH3 is 1. The predicted molar refractivity (Wildman–Crippen MR) is 108 cm³/mol. The van der Waals surface area contributed by atoms with Gasteiger partial charge in [0.2, 0.25) is 0 Å². The standard InChI is InChI=1S/C21H30N4O3/c1-14-12-18(15(2)25(14)10-11-28-4)21(27)24-9-5-6-16(13-24)19-17(7-8-23-19)20(26)22-3/h7-8,12,16,23H,5-6,9-11,13H2,1-4H3,(H,22,26). The molecule has 1 aliphatic rings. The number of amides is 2. The zero-order chi connectivity index (χ0) is 20.3. The summed E-state index contributed by atoms with van der Waals surface area (Å²) in [5, 5.41) is 2.69. The number of aromatic amines is 1. The second-order valence-corrected chi connectivity index (χ2v) is 7.40. The minimum atomic E-state index is -0.0959. The van der Waals surface area contributed by atoms with E-state index in [9.17, 15) is 9.59 Å². The first-order valence-electron chi connectivity index (χ1n) is 9.82. The lowest BCUT2D eigenvalue weighted by Gasteiger charge is -2.33. The molecule has 0 bridgehead atoms. The molecular weight excluding hydrogens is 356 g/mol. The average molecular weight is 386 g/mol. The third kappa shape index (κ3) is 3.85. The van der Waals surface area contributed by atoms with E-state index in [1.54, 1.807) is 26.4 Å². The average Bonchev–Trinajstić information content (AvgIpc) is 3.30. The number of ether oxygens (including phenoxy) is 1. The van der Waals surface area contributed by atoms with E-state index in [-0.39, 0.29) is 17.7 Å². The van der Waals surface area contributed by atoms with E-state index in [4.69, 9.17) is 4.74 Å². The number of aromatic nitrogens is 2. The zero-order valence-electron chi connectivity index (χ0n) is 17.2. The topological polar surface area (TPSA) is 79.4 Å². The van der Waals surface area contributed by atoms with Gasteiger partial charge in [-0.25, -0.2) is 0 Å². The lowest BCUT2D eigenvalue weighted by atomic mass is 9.92. The van der Waals surface area contributed by atoms with E-state index in [0.29, 0.717) is 18.7 Å². The Morgan fingerprint density at radius 3 is 2.82 bits per heavy atom. The highest BCUT2D eigenvalue weighted by molar-refractivity contribution is 5.96. The van der Waals surface area contributed by atoms with Crippen LogP contribution in [0.15, 0.2) is 18.3 Å². The number of carbonyl (C=O) groups excluding carboxylic acids is 2. The van der Waals surface area contributed by atoms with Gasteiger partial charge in [0.1, 0.15) is 0 Å². The van der Waals surface area contributed by atoms with Crippen LogP contribution < -0.4 is 5.32 Å². The van der Waals surface area contributed by atoms with Crippen LogP contribution in [0.5, 0.6) is 0 Å². The monoisotopic (exact) mass is 386 g/mol. The quantitative estimate of drug-likeness (QED) is 0.800. The van der Waals surface area contributed by atoms with Crippen LogP contribution in [0.1, 0.15) is 56.6 Å². The first kappa shape index (κ1) is 20.2. The van der Waals surface area contributed by atoms with Crippen LogP contribution in [0.25, 0.3) is 0 Å². The molecule has 7 heteroatoms.